The average Bonchev–Trinajstić information content (AvgIpc) is 2.45. The zero-order valence-corrected chi connectivity index (χ0v) is 6.96. The van der Waals surface area contributed by atoms with Gasteiger partial charge in [0.25, 0.3) is 0 Å². The highest BCUT2D eigenvalue weighted by atomic mass is 16.5. The number of unbranched alkanes of at least 4 members (excludes halogenated alkanes) is 1. The Morgan fingerprint density at radius 3 is 3.00 bits per heavy atom. The van der Waals surface area contributed by atoms with Crippen LogP contribution in [0.2, 0.25) is 0 Å². The van der Waals surface area contributed by atoms with E-state index in [2.05, 4.69) is 18.8 Å². The summed E-state index contributed by atoms with van der Waals surface area (Å²) >= 11 is 0. The number of ether oxygens (including phenoxy) is 1. The molecule has 0 aliphatic carbocycles. The minimum atomic E-state index is -0.321. The van der Waals surface area contributed by atoms with Crippen molar-refractivity contribution < 1.29 is 9.53 Å². The summed E-state index contributed by atoms with van der Waals surface area (Å²) < 4.78 is 4.75. The van der Waals surface area contributed by atoms with Gasteiger partial charge >= 0.3 is 5.97 Å². The summed E-state index contributed by atoms with van der Waals surface area (Å²) in [5, 5.41) is 0. The van der Waals surface area contributed by atoms with E-state index in [4.69, 9.17) is 4.74 Å². The van der Waals surface area contributed by atoms with Crippen LogP contribution in [0.3, 0.4) is 0 Å². The Bertz CT molecular complexity index is 287. The summed E-state index contributed by atoms with van der Waals surface area (Å²) in [5.74, 6) is 5.94. The third-order valence-corrected chi connectivity index (χ3v) is 1.29. The highest BCUT2D eigenvalue weighted by Crippen LogP contribution is 2.07. The number of allylic oxidation sites excluding steroid dienone is 2. The number of rotatable bonds is 1. The van der Waals surface area contributed by atoms with E-state index in [9.17, 15) is 4.79 Å². The summed E-state index contributed by atoms with van der Waals surface area (Å²) in [4.78, 5) is 10.5. The lowest BCUT2D eigenvalue weighted by Gasteiger charge is -1.89. The van der Waals surface area contributed by atoms with Crippen molar-refractivity contribution in [2.24, 2.45) is 0 Å². The molecule has 2 nitrogen and oxygen atoms in total. The quantitative estimate of drug-likeness (QED) is 0.434. The Balaban J connectivity index is 2.45. The maximum Gasteiger partial charge on any atom is 0.336 e. The molecule has 62 valence electrons. The maximum absolute atomic E-state index is 10.5. The molecule has 0 aromatic heterocycles. The molecule has 12 heavy (non-hydrogen) atoms. The largest absolute Gasteiger partial charge is 0.423 e. The van der Waals surface area contributed by atoms with Gasteiger partial charge in [0.2, 0.25) is 0 Å². The Labute approximate surface area is 71.9 Å². The fourth-order valence-electron chi connectivity index (χ4n) is 0.731. The lowest BCUT2D eigenvalue weighted by atomic mass is 10.3. The fraction of sp³-hybridized carbons (Fsp3) is 0.300. The predicted molar refractivity (Wildman–Crippen MR) is 46.0 cm³/mol. The van der Waals surface area contributed by atoms with E-state index >= 15 is 0 Å². The maximum atomic E-state index is 10.5. The van der Waals surface area contributed by atoms with Crippen LogP contribution in [0.1, 0.15) is 19.8 Å². The van der Waals surface area contributed by atoms with Crippen molar-refractivity contribution in [1.29, 1.82) is 0 Å². The van der Waals surface area contributed by atoms with Gasteiger partial charge < -0.3 is 4.74 Å². The number of hydrogen-bond acceptors (Lipinski definition) is 2. The Morgan fingerprint density at radius 2 is 2.42 bits per heavy atom. The lowest BCUT2D eigenvalue weighted by Crippen LogP contribution is -1.89. The van der Waals surface area contributed by atoms with E-state index in [1.807, 2.05) is 0 Å². The summed E-state index contributed by atoms with van der Waals surface area (Å²) in [6, 6.07) is 0. The first-order chi connectivity index (χ1) is 5.83. The molecule has 1 rings (SSSR count). The van der Waals surface area contributed by atoms with E-state index in [0.29, 0.717) is 5.76 Å². The van der Waals surface area contributed by atoms with Gasteiger partial charge in [0.05, 0.1) is 0 Å². The smallest absolute Gasteiger partial charge is 0.336 e. The molecule has 0 spiro atoms. The van der Waals surface area contributed by atoms with Gasteiger partial charge in [0.15, 0.2) is 0 Å². The Hall–Kier alpha value is -1.49. The third-order valence-electron chi connectivity index (χ3n) is 1.29. The van der Waals surface area contributed by atoms with Gasteiger partial charge in [0, 0.05) is 18.6 Å². The molecule has 0 unspecified atom stereocenters. The van der Waals surface area contributed by atoms with Crippen molar-refractivity contribution in [3.05, 3.63) is 24.0 Å². The minimum Gasteiger partial charge on any atom is -0.423 e. The molecule has 1 heterocycles. The van der Waals surface area contributed by atoms with Gasteiger partial charge in [-0.25, -0.2) is 4.79 Å². The van der Waals surface area contributed by atoms with Crippen molar-refractivity contribution in [2.45, 2.75) is 19.8 Å². The SMILES string of the molecule is CCCC#C/C=C1\C=CC(=O)O1. The summed E-state index contributed by atoms with van der Waals surface area (Å²) in [6.45, 7) is 2.07. The van der Waals surface area contributed by atoms with Crippen LogP contribution < -0.4 is 0 Å². The van der Waals surface area contributed by atoms with Gasteiger partial charge in [-0.2, -0.15) is 0 Å². The van der Waals surface area contributed by atoms with Crippen LogP contribution in [-0.4, -0.2) is 5.97 Å². The second kappa shape index (κ2) is 4.40. The molecule has 0 fully saturated rings. The molecular formula is C10H10O2. The van der Waals surface area contributed by atoms with Crippen LogP contribution in [0, 0.1) is 11.8 Å². The van der Waals surface area contributed by atoms with Crippen molar-refractivity contribution in [1.82, 2.24) is 0 Å². The second-order valence-corrected chi connectivity index (χ2v) is 2.37. The zero-order chi connectivity index (χ0) is 8.81. The molecule has 1 aliphatic heterocycles. The van der Waals surface area contributed by atoms with Crippen molar-refractivity contribution in [3.63, 3.8) is 0 Å². The summed E-state index contributed by atoms with van der Waals surface area (Å²) in [7, 11) is 0. The van der Waals surface area contributed by atoms with Crippen LogP contribution in [0.4, 0.5) is 0 Å². The highest BCUT2D eigenvalue weighted by Gasteiger charge is 2.07. The Morgan fingerprint density at radius 1 is 1.58 bits per heavy atom. The number of carbonyl (C=O) groups is 1. The van der Waals surface area contributed by atoms with E-state index in [0.717, 1.165) is 12.8 Å². The van der Waals surface area contributed by atoms with Crippen molar-refractivity contribution in [2.75, 3.05) is 0 Å². The molecular weight excluding hydrogens is 152 g/mol. The van der Waals surface area contributed by atoms with Crippen molar-refractivity contribution >= 4 is 5.97 Å². The van der Waals surface area contributed by atoms with E-state index in [1.54, 1.807) is 12.2 Å². The molecule has 0 saturated carbocycles. The van der Waals surface area contributed by atoms with Gasteiger partial charge in [-0.3, -0.25) is 0 Å². The molecule has 0 atom stereocenters. The van der Waals surface area contributed by atoms with Crippen LogP contribution >= 0.6 is 0 Å². The van der Waals surface area contributed by atoms with Crippen LogP contribution in [-0.2, 0) is 9.53 Å². The second-order valence-electron chi connectivity index (χ2n) is 2.37. The van der Waals surface area contributed by atoms with E-state index < -0.39 is 0 Å². The average molecular weight is 162 g/mol. The monoisotopic (exact) mass is 162 g/mol. The molecule has 0 saturated heterocycles. The lowest BCUT2D eigenvalue weighted by molar-refractivity contribution is -0.132. The first-order valence-corrected chi connectivity index (χ1v) is 3.91. The minimum absolute atomic E-state index is 0.321. The van der Waals surface area contributed by atoms with Crippen molar-refractivity contribution in [3.8, 4) is 11.8 Å². The normalized spacial score (nSPS) is 17.4. The van der Waals surface area contributed by atoms with Crippen LogP contribution in [0.25, 0.3) is 0 Å². The van der Waals surface area contributed by atoms with E-state index in [1.165, 1.54) is 6.08 Å². The van der Waals surface area contributed by atoms with Gasteiger partial charge in [0.1, 0.15) is 5.76 Å². The first kappa shape index (κ1) is 8.61. The molecule has 1 aliphatic rings. The molecule has 0 radical (unpaired) electrons. The highest BCUT2D eigenvalue weighted by molar-refractivity contribution is 5.86. The molecule has 0 aromatic rings. The fourth-order valence-corrected chi connectivity index (χ4v) is 0.731. The van der Waals surface area contributed by atoms with Crippen LogP contribution in [0.5, 0.6) is 0 Å². The molecule has 2 heteroatoms. The molecule has 0 aromatic carbocycles. The molecule has 0 N–H and O–H groups in total. The zero-order valence-electron chi connectivity index (χ0n) is 6.96. The van der Waals surface area contributed by atoms with Gasteiger partial charge in [-0.05, 0) is 12.5 Å². The topological polar surface area (TPSA) is 26.3 Å². The van der Waals surface area contributed by atoms with Crippen LogP contribution in [0.15, 0.2) is 24.0 Å². The first-order valence-electron chi connectivity index (χ1n) is 3.91. The summed E-state index contributed by atoms with van der Waals surface area (Å²) in [6.07, 6.45) is 6.53. The molecule has 0 bridgehead atoms. The van der Waals surface area contributed by atoms with Gasteiger partial charge in [-0.15, -0.1) is 0 Å². The third kappa shape index (κ3) is 2.63. The molecule has 0 amide bonds. The number of esters is 1. The number of cyclic esters (lactones) is 1. The number of carbonyl (C=O) groups excluding carboxylic acids is 1. The Kier molecular flexibility index (Phi) is 3.16. The summed E-state index contributed by atoms with van der Waals surface area (Å²) in [5.41, 5.74) is 0. The standard InChI is InChI=1S/C10H10O2/c1-2-3-4-5-6-9-7-8-10(11)12-9/h6-8H,2-3H2,1H3/b9-6+. The van der Waals surface area contributed by atoms with Gasteiger partial charge in [-0.1, -0.05) is 18.8 Å². The number of hydrogen-bond donors (Lipinski definition) is 0. The van der Waals surface area contributed by atoms with E-state index in [-0.39, 0.29) is 5.97 Å². The predicted octanol–water partition coefficient (Wildman–Crippen LogP) is 1.79.